The summed E-state index contributed by atoms with van der Waals surface area (Å²) in [6.07, 6.45) is 3.34. The van der Waals surface area contributed by atoms with Crippen molar-refractivity contribution in [2.75, 3.05) is 6.26 Å². The third kappa shape index (κ3) is 3.25. The minimum absolute atomic E-state index is 0.139. The van der Waals surface area contributed by atoms with E-state index in [2.05, 4.69) is 15.3 Å². The van der Waals surface area contributed by atoms with Gasteiger partial charge in [-0.3, -0.25) is 10.1 Å². The first-order valence-corrected chi connectivity index (χ1v) is 7.67. The first-order valence-electron chi connectivity index (χ1n) is 6.45. The van der Waals surface area contributed by atoms with Crippen molar-refractivity contribution in [3.63, 3.8) is 0 Å². The van der Waals surface area contributed by atoms with Crippen LogP contribution in [0.4, 0.5) is 5.69 Å². The number of nitro benzene ring substituents is 1. The molecule has 0 bridgehead atoms. The lowest BCUT2D eigenvalue weighted by Gasteiger charge is -2.05. The summed E-state index contributed by atoms with van der Waals surface area (Å²) in [7, 11) is 0. The fourth-order valence-corrected chi connectivity index (χ4v) is 2.20. The summed E-state index contributed by atoms with van der Waals surface area (Å²) < 4.78 is 1.61. The molecule has 0 aliphatic rings. The Bertz CT molecular complexity index is 726. The molecule has 22 heavy (non-hydrogen) atoms. The minimum atomic E-state index is -0.641. The molecule has 0 amide bonds. The van der Waals surface area contributed by atoms with E-state index >= 15 is 0 Å². The molecule has 8 nitrogen and oxygen atoms in total. The monoisotopic (exact) mass is 321 g/mol. The molecule has 0 atom stereocenters. The molecule has 0 aliphatic heterocycles. The summed E-state index contributed by atoms with van der Waals surface area (Å²) in [5.74, 6) is 0.465. The molecule has 1 aromatic heterocycles. The van der Waals surface area contributed by atoms with Crippen LogP contribution in [0.3, 0.4) is 0 Å². The lowest BCUT2D eigenvalue weighted by molar-refractivity contribution is -0.385. The van der Waals surface area contributed by atoms with Gasteiger partial charge in [0.25, 0.3) is 0 Å². The number of hydrogen-bond donors (Lipinski definition) is 1. The number of aromatic nitrogens is 3. The van der Waals surface area contributed by atoms with Gasteiger partial charge in [0.1, 0.15) is 0 Å². The number of nitrogens with zero attached hydrogens (tertiary/aromatic N) is 5. The fourth-order valence-electron chi connectivity index (χ4n) is 1.76. The van der Waals surface area contributed by atoms with Crippen molar-refractivity contribution in [3.8, 4) is 5.75 Å². The number of phenolic OH excluding ortho intramolecular Hbond substituents is 1. The second-order valence-electron chi connectivity index (χ2n) is 4.76. The highest BCUT2D eigenvalue weighted by atomic mass is 32.2. The van der Waals surface area contributed by atoms with Crippen LogP contribution in [0.5, 0.6) is 5.75 Å². The Morgan fingerprint density at radius 2 is 2.18 bits per heavy atom. The maximum atomic E-state index is 10.8. The van der Waals surface area contributed by atoms with Crippen molar-refractivity contribution < 1.29 is 10.0 Å². The summed E-state index contributed by atoms with van der Waals surface area (Å²) >= 11 is 1.41. The summed E-state index contributed by atoms with van der Waals surface area (Å²) in [5, 5.41) is 33.3. The Hall–Kier alpha value is -2.42. The number of hydrogen-bond acceptors (Lipinski definition) is 7. The van der Waals surface area contributed by atoms with E-state index in [-0.39, 0.29) is 17.4 Å². The maximum Gasteiger partial charge on any atom is 0.311 e. The topological polar surface area (TPSA) is 106 Å². The Kier molecular flexibility index (Phi) is 4.76. The van der Waals surface area contributed by atoms with Gasteiger partial charge in [0, 0.05) is 17.5 Å². The molecule has 116 valence electrons. The van der Waals surface area contributed by atoms with Crippen LogP contribution in [0.1, 0.15) is 31.2 Å². The van der Waals surface area contributed by atoms with Gasteiger partial charge in [-0.2, -0.15) is 9.78 Å². The summed E-state index contributed by atoms with van der Waals surface area (Å²) in [5.41, 5.74) is 0.141. The van der Waals surface area contributed by atoms with Crippen LogP contribution < -0.4 is 0 Å². The largest absolute Gasteiger partial charge is 0.502 e. The molecular weight excluding hydrogens is 306 g/mol. The molecule has 1 aromatic carbocycles. The van der Waals surface area contributed by atoms with Gasteiger partial charge in [-0.15, -0.1) is 10.2 Å². The highest BCUT2D eigenvalue weighted by molar-refractivity contribution is 7.98. The molecule has 0 saturated carbocycles. The number of benzene rings is 1. The predicted molar refractivity (Wildman–Crippen MR) is 83.6 cm³/mol. The Balaban J connectivity index is 2.39. The molecule has 0 radical (unpaired) electrons. The molecule has 2 aromatic rings. The lowest BCUT2D eigenvalue weighted by Crippen LogP contribution is -2.02. The SMILES string of the molecule is CSc1nnc(C(C)C)n1/N=C\c1ccc(O)c([N+](=O)[O-])c1. The standard InChI is InChI=1S/C13H15N5O3S/c1-8(2)12-15-16-13(22-3)17(12)14-7-9-4-5-11(19)10(6-9)18(20)21/h4-8,19H,1-3H3/b14-7-. The summed E-state index contributed by atoms with van der Waals surface area (Å²) in [6.45, 7) is 3.96. The average molecular weight is 321 g/mol. The first-order chi connectivity index (χ1) is 10.4. The summed E-state index contributed by atoms with van der Waals surface area (Å²) in [4.78, 5) is 10.2. The molecule has 0 saturated heterocycles. The zero-order valence-corrected chi connectivity index (χ0v) is 13.1. The maximum absolute atomic E-state index is 10.8. The van der Waals surface area contributed by atoms with Gasteiger partial charge in [-0.1, -0.05) is 25.6 Å². The van der Waals surface area contributed by atoms with Crippen molar-refractivity contribution in [1.82, 2.24) is 14.9 Å². The fraction of sp³-hybridized carbons (Fsp3) is 0.308. The van der Waals surface area contributed by atoms with Crippen molar-refractivity contribution in [2.24, 2.45) is 5.10 Å². The van der Waals surface area contributed by atoms with Gasteiger partial charge >= 0.3 is 5.69 Å². The van der Waals surface area contributed by atoms with Gasteiger partial charge in [0.2, 0.25) is 5.16 Å². The summed E-state index contributed by atoms with van der Waals surface area (Å²) in [6, 6.07) is 4.07. The van der Waals surface area contributed by atoms with E-state index in [0.29, 0.717) is 16.5 Å². The molecule has 1 heterocycles. The van der Waals surface area contributed by atoms with E-state index in [0.717, 1.165) is 0 Å². The molecule has 0 spiro atoms. The zero-order valence-electron chi connectivity index (χ0n) is 12.3. The third-order valence-electron chi connectivity index (χ3n) is 2.85. The van der Waals surface area contributed by atoms with Crippen LogP contribution in [0.2, 0.25) is 0 Å². The lowest BCUT2D eigenvalue weighted by atomic mass is 10.2. The van der Waals surface area contributed by atoms with Crippen LogP contribution in [0.15, 0.2) is 28.5 Å². The third-order valence-corrected chi connectivity index (χ3v) is 3.47. The van der Waals surface area contributed by atoms with E-state index in [1.165, 1.54) is 30.1 Å². The second-order valence-corrected chi connectivity index (χ2v) is 5.53. The number of nitro groups is 1. The molecule has 0 fully saturated rings. The van der Waals surface area contributed by atoms with E-state index in [1.54, 1.807) is 10.7 Å². The van der Waals surface area contributed by atoms with Crippen LogP contribution in [-0.2, 0) is 0 Å². The van der Waals surface area contributed by atoms with Gasteiger partial charge < -0.3 is 5.11 Å². The second kappa shape index (κ2) is 6.56. The van der Waals surface area contributed by atoms with Crippen molar-refractivity contribution in [2.45, 2.75) is 24.9 Å². The Morgan fingerprint density at radius 3 is 2.77 bits per heavy atom. The number of aromatic hydroxyl groups is 1. The number of phenols is 1. The van der Waals surface area contributed by atoms with Crippen LogP contribution >= 0.6 is 11.8 Å². The number of rotatable bonds is 5. The molecule has 1 N–H and O–H groups in total. The average Bonchev–Trinajstić information content (AvgIpc) is 2.89. The van der Waals surface area contributed by atoms with E-state index < -0.39 is 4.92 Å². The Labute approximate surface area is 131 Å². The minimum Gasteiger partial charge on any atom is -0.502 e. The molecule has 0 aliphatic carbocycles. The van der Waals surface area contributed by atoms with Crippen molar-refractivity contribution >= 4 is 23.7 Å². The number of thioether (sulfide) groups is 1. The predicted octanol–water partition coefficient (Wildman–Crippen LogP) is 2.62. The molecule has 2 rings (SSSR count). The van der Waals surface area contributed by atoms with Crippen LogP contribution in [-0.4, -0.2) is 37.4 Å². The molecule has 9 heteroatoms. The van der Waals surface area contributed by atoms with Crippen LogP contribution in [0, 0.1) is 10.1 Å². The highest BCUT2D eigenvalue weighted by Crippen LogP contribution is 2.26. The first kappa shape index (κ1) is 16.0. The normalized spacial score (nSPS) is 11.5. The van der Waals surface area contributed by atoms with Crippen molar-refractivity contribution in [3.05, 3.63) is 39.7 Å². The Morgan fingerprint density at radius 1 is 1.45 bits per heavy atom. The van der Waals surface area contributed by atoms with Gasteiger partial charge in [-0.05, 0) is 18.4 Å². The zero-order chi connectivity index (χ0) is 16.3. The van der Waals surface area contributed by atoms with E-state index in [1.807, 2.05) is 20.1 Å². The van der Waals surface area contributed by atoms with Gasteiger partial charge in [-0.25, -0.2) is 0 Å². The van der Waals surface area contributed by atoms with Gasteiger partial charge in [0.15, 0.2) is 11.6 Å². The van der Waals surface area contributed by atoms with Crippen LogP contribution in [0.25, 0.3) is 0 Å². The highest BCUT2D eigenvalue weighted by Gasteiger charge is 2.15. The van der Waals surface area contributed by atoms with Gasteiger partial charge in [0.05, 0.1) is 11.1 Å². The smallest absolute Gasteiger partial charge is 0.311 e. The molecular formula is C13H15N5O3S. The van der Waals surface area contributed by atoms with Crippen molar-refractivity contribution in [1.29, 1.82) is 0 Å². The molecule has 0 unspecified atom stereocenters. The van der Waals surface area contributed by atoms with E-state index in [4.69, 9.17) is 0 Å². The van der Waals surface area contributed by atoms with E-state index in [9.17, 15) is 15.2 Å². The quantitative estimate of drug-likeness (QED) is 0.392.